The number of nitrogens with zero attached hydrogens (tertiary/aromatic N) is 3. The van der Waals surface area contributed by atoms with Crippen LogP contribution in [0.5, 0.6) is 11.5 Å². The van der Waals surface area contributed by atoms with Gasteiger partial charge in [0, 0.05) is 35.5 Å². The van der Waals surface area contributed by atoms with Crippen LogP contribution in [-0.4, -0.2) is 22.8 Å². The Kier molecular flexibility index (Phi) is 3.97. The Balaban J connectivity index is 1.64. The van der Waals surface area contributed by atoms with Gasteiger partial charge in [-0.05, 0) is 24.3 Å². The summed E-state index contributed by atoms with van der Waals surface area (Å²) in [5.41, 5.74) is 3.62. The number of rotatable bonds is 3. The molecule has 1 aromatic heterocycles. The molecule has 2 unspecified atom stereocenters. The van der Waals surface area contributed by atoms with Gasteiger partial charge in [0.05, 0.1) is 18.9 Å². The molecule has 0 bridgehead atoms. The lowest BCUT2D eigenvalue weighted by atomic mass is 9.96. The van der Waals surface area contributed by atoms with Crippen molar-refractivity contribution in [2.24, 2.45) is 5.10 Å². The molecule has 6 heteroatoms. The van der Waals surface area contributed by atoms with Crippen LogP contribution in [0.2, 0.25) is 0 Å². The lowest BCUT2D eigenvalue weighted by molar-refractivity contribution is -0.0210. The van der Waals surface area contributed by atoms with E-state index in [-0.39, 0.29) is 11.9 Å². The van der Waals surface area contributed by atoms with Crippen molar-refractivity contribution in [2.45, 2.75) is 18.7 Å². The lowest BCUT2D eigenvalue weighted by Gasteiger charge is -2.38. The number of hydrogen-bond acceptors (Lipinski definition) is 5. The normalized spacial score (nSPS) is 20.1. The highest BCUT2D eigenvalue weighted by atomic mass is 19.1. The Morgan fingerprint density at radius 2 is 2.04 bits per heavy atom. The zero-order valence-electron chi connectivity index (χ0n) is 15.2. The van der Waals surface area contributed by atoms with Crippen molar-refractivity contribution in [3.05, 3.63) is 89.5 Å². The average Bonchev–Trinajstić information content (AvgIpc) is 3.19. The second-order valence-corrected chi connectivity index (χ2v) is 6.79. The summed E-state index contributed by atoms with van der Waals surface area (Å²) >= 11 is 0. The fourth-order valence-electron chi connectivity index (χ4n) is 3.83. The molecule has 0 fully saturated rings. The second kappa shape index (κ2) is 6.64. The van der Waals surface area contributed by atoms with Crippen molar-refractivity contribution < 1.29 is 13.9 Å². The summed E-state index contributed by atoms with van der Waals surface area (Å²) in [6.07, 6.45) is 3.72. The van der Waals surface area contributed by atoms with Crippen LogP contribution in [0.3, 0.4) is 0 Å². The Morgan fingerprint density at radius 3 is 2.82 bits per heavy atom. The zero-order valence-corrected chi connectivity index (χ0v) is 15.2. The van der Waals surface area contributed by atoms with Gasteiger partial charge in [0.2, 0.25) is 6.23 Å². The SMILES string of the molecule is COc1cccc2c1OC(c1cccc(F)c1)N1N=C(c3cccnc3)CC21. The van der Waals surface area contributed by atoms with Crippen LogP contribution in [0.25, 0.3) is 0 Å². The summed E-state index contributed by atoms with van der Waals surface area (Å²) in [6, 6.07) is 16.2. The van der Waals surface area contributed by atoms with Gasteiger partial charge in [-0.2, -0.15) is 5.10 Å². The van der Waals surface area contributed by atoms with Gasteiger partial charge in [-0.3, -0.25) is 4.98 Å². The number of hydrogen-bond donors (Lipinski definition) is 0. The Bertz CT molecular complexity index is 1050. The van der Waals surface area contributed by atoms with Crippen molar-refractivity contribution in [1.82, 2.24) is 9.99 Å². The van der Waals surface area contributed by atoms with E-state index in [1.54, 1.807) is 19.4 Å². The molecular formula is C22H18FN3O2. The lowest BCUT2D eigenvalue weighted by Crippen LogP contribution is -2.34. The van der Waals surface area contributed by atoms with Gasteiger partial charge in [0.1, 0.15) is 5.82 Å². The Morgan fingerprint density at radius 1 is 1.14 bits per heavy atom. The monoisotopic (exact) mass is 375 g/mol. The van der Waals surface area contributed by atoms with E-state index in [2.05, 4.69) is 4.98 Å². The predicted molar refractivity (Wildman–Crippen MR) is 103 cm³/mol. The van der Waals surface area contributed by atoms with Gasteiger partial charge in [0.25, 0.3) is 0 Å². The number of aromatic nitrogens is 1. The maximum absolute atomic E-state index is 13.9. The molecule has 3 aromatic rings. The smallest absolute Gasteiger partial charge is 0.214 e. The third kappa shape index (κ3) is 2.69. The van der Waals surface area contributed by atoms with E-state index < -0.39 is 6.23 Å². The molecule has 3 heterocycles. The molecule has 5 rings (SSSR count). The quantitative estimate of drug-likeness (QED) is 0.678. The van der Waals surface area contributed by atoms with Gasteiger partial charge in [0.15, 0.2) is 11.5 Å². The fraction of sp³-hybridized carbons (Fsp3) is 0.182. The van der Waals surface area contributed by atoms with E-state index in [4.69, 9.17) is 14.6 Å². The highest BCUT2D eigenvalue weighted by Crippen LogP contribution is 2.50. The first-order chi connectivity index (χ1) is 13.7. The molecule has 28 heavy (non-hydrogen) atoms. The molecule has 0 radical (unpaired) electrons. The molecule has 0 N–H and O–H groups in total. The number of methoxy groups -OCH3 is 1. The second-order valence-electron chi connectivity index (χ2n) is 6.79. The Labute approximate surface area is 162 Å². The first kappa shape index (κ1) is 16.7. The van der Waals surface area contributed by atoms with E-state index in [1.807, 2.05) is 47.6 Å². The van der Waals surface area contributed by atoms with Crippen LogP contribution in [0.1, 0.15) is 35.4 Å². The zero-order chi connectivity index (χ0) is 19.1. The number of ether oxygens (including phenoxy) is 2. The average molecular weight is 375 g/mol. The standard InChI is InChI=1S/C22H18FN3O2/c1-27-20-9-3-8-17-19-12-18(15-6-4-10-24-13-15)25-26(19)22(28-21(17)20)14-5-2-7-16(23)11-14/h2-11,13,19,22H,12H2,1H3. The van der Waals surface area contributed by atoms with E-state index in [9.17, 15) is 4.39 Å². The molecule has 2 aromatic carbocycles. The summed E-state index contributed by atoms with van der Waals surface area (Å²) in [5, 5.41) is 6.76. The van der Waals surface area contributed by atoms with Gasteiger partial charge in [-0.1, -0.05) is 30.3 Å². The van der Waals surface area contributed by atoms with Crippen molar-refractivity contribution in [3.8, 4) is 11.5 Å². The predicted octanol–water partition coefficient (Wildman–Crippen LogP) is 4.47. The molecule has 0 saturated carbocycles. The van der Waals surface area contributed by atoms with E-state index >= 15 is 0 Å². The Hall–Kier alpha value is -3.41. The van der Waals surface area contributed by atoms with Crippen LogP contribution < -0.4 is 9.47 Å². The summed E-state index contributed by atoms with van der Waals surface area (Å²) < 4.78 is 25.7. The highest BCUT2D eigenvalue weighted by Gasteiger charge is 2.42. The molecule has 140 valence electrons. The molecule has 2 aliphatic rings. The van der Waals surface area contributed by atoms with Crippen molar-refractivity contribution in [2.75, 3.05) is 7.11 Å². The first-order valence-electron chi connectivity index (χ1n) is 9.10. The van der Waals surface area contributed by atoms with Crippen LogP contribution >= 0.6 is 0 Å². The molecular weight excluding hydrogens is 357 g/mol. The summed E-state index contributed by atoms with van der Waals surface area (Å²) in [5.74, 6) is 1.04. The third-order valence-electron chi connectivity index (χ3n) is 5.13. The fourth-order valence-corrected chi connectivity index (χ4v) is 3.83. The number of para-hydroxylation sites is 1. The molecule has 0 amide bonds. The molecule has 0 saturated heterocycles. The summed E-state index contributed by atoms with van der Waals surface area (Å²) in [6.45, 7) is 0. The van der Waals surface area contributed by atoms with Gasteiger partial charge in [-0.25, -0.2) is 9.40 Å². The van der Waals surface area contributed by atoms with Crippen molar-refractivity contribution in [3.63, 3.8) is 0 Å². The van der Waals surface area contributed by atoms with Crippen LogP contribution in [-0.2, 0) is 0 Å². The minimum atomic E-state index is -0.543. The van der Waals surface area contributed by atoms with Crippen LogP contribution in [0.4, 0.5) is 4.39 Å². The largest absolute Gasteiger partial charge is 0.493 e. The van der Waals surface area contributed by atoms with Gasteiger partial charge in [-0.15, -0.1) is 0 Å². The minimum Gasteiger partial charge on any atom is -0.493 e. The molecule has 0 aliphatic carbocycles. The molecule has 2 aliphatic heterocycles. The number of pyridine rings is 1. The molecule has 0 spiro atoms. The van der Waals surface area contributed by atoms with E-state index in [0.717, 1.165) is 16.8 Å². The first-order valence-corrected chi connectivity index (χ1v) is 9.10. The van der Waals surface area contributed by atoms with Gasteiger partial charge >= 0.3 is 0 Å². The maximum Gasteiger partial charge on any atom is 0.214 e. The summed E-state index contributed by atoms with van der Waals surface area (Å²) in [7, 11) is 1.62. The van der Waals surface area contributed by atoms with E-state index in [0.29, 0.717) is 23.5 Å². The van der Waals surface area contributed by atoms with Crippen LogP contribution in [0.15, 0.2) is 72.1 Å². The third-order valence-corrected chi connectivity index (χ3v) is 5.13. The highest BCUT2D eigenvalue weighted by molar-refractivity contribution is 6.01. The topological polar surface area (TPSA) is 47.0 Å². The van der Waals surface area contributed by atoms with Gasteiger partial charge < -0.3 is 9.47 Å². The number of benzene rings is 2. The minimum absolute atomic E-state index is 0.0256. The number of hydrazone groups is 1. The van der Waals surface area contributed by atoms with Crippen molar-refractivity contribution in [1.29, 1.82) is 0 Å². The number of fused-ring (bicyclic) bond motifs is 3. The maximum atomic E-state index is 13.9. The van der Waals surface area contributed by atoms with Crippen LogP contribution in [0, 0.1) is 5.82 Å². The molecule has 5 nitrogen and oxygen atoms in total. The summed E-state index contributed by atoms with van der Waals surface area (Å²) in [4.78, 5) is 4.21. The molecule has 2 atom stereocenters. The van der Waals surface area contributed by atoms with Crippen molar-refractivity contribution >= 4 is 5.71 Å². The number of halogens is 1. The van der Waals surface area contributed by atoms with E-state index in [1.165, 1.54) is 12.1 Å².